The monoisotopic (exact) mass is 482 g/mol. The summed E-state index contributed by atoms with van der Waals surface area (Å²) in [4.78, 5) is 29.6. The SMILES string of the molecule is CCC[C@H](C(=O)NC(C)(C)C)N(Cc1ccc(OC)cc1)C(=O)Cn1nnc(-c2ccc(C)o2)n1. The number of nitrogens with zero attached hydrogens (tertiary/aromatic N) is 5. The second kappa shape index (κ2) is 11.2. The average Bonchev–Trinajstić information content (AvgIpc) is 3.44. The molecule has 2 amide bonds. The van der Waals surface area contributed by atoms with Crippen molar-refractivity contribution in [1.82, 2.24) is 30.4 Å². The highest BCUT2D eigenvalue weighted by Crippen LogP contribution is 2.19. The molecule has 2 aromatic heterocycles. The third-order valence-corrected chi connectivity index (χ3v) is 5.26. The Morgan fingerprint density at radius 1 is 1.17 bits per heavy atom. The summed E-state index contributed by atoms with van der Waals surface area (Å²) in [6.45, 7) is 9.66. The number of aryl methyl sites for hydroxylation is 1. The van der Waals surface area contributed by atoms with Crippen molar-refractivity contribution >= 4 is 11.8 Å². The molecule has 35 heavy (non-hydrogen) atoms. The van der Waals surface area contributed by atoms with Crippen molar-refractivity contribution < 1.29 is 18.7 Å². The first kappa shape index (κ1) is 25.9. The molecule has 0 saturated heterocycles. The van der Waals surface area contributed by atoms with Gasteiger partial charge in [0.1, 0.15) is 24.1 Å². The van der Waals surface area contributed by atoms with Gasteiger partial charge in [-0.05, 0) is 69.2 Å². The lowest BCUT2D eigenvalue weighted by Gasteiger charge is -2.33. The first-order valence-electron chi connectivity index (χ1n) is 11.7. The summed E-state index contributed by atoms with van der Waals surface area (Å²) in [5, 5.41) is 15.3. The smallest absolute Gasteiger partial charge is 0.247 e. The summed E-state index contributed by atoms with van der Waals surface area (Å²) in [6, 6.07) is 10.3. The molecule has 1 aromatic carbocycles. The van der Waals surface area contributed by atoms with Crippen LogP contribution in [0.3, 0.4) is 0 Å². The molecule has 0 bridgehead atoms. The normalized spacial score (nSPS) is 12.3. The van der Waals surface area contributed by atoms with E-state index < -0.39 is 11.6 Å². The Morgan fingerprint density at radius 3 is 2.46 bits per heavy atom. The van der Waals surface area contributed by atoms with Crippen LogP contribution >= 0.6 is 0 Å². The van der Waals surface area contributed by atoms with E-state index in [1.807, 2.05) is 58.9 Å². The highest BCUT2D eigenvalue weighted by atomic mass is 16.5. The Morgan fingerprint density at radius 2 is 1.89 bits per heavy atom. The molecule has 0 aliphatic carbocycles. The van der Waals surface area contributed by atoms with Gasteiger partial charge in [-0.2, -0.15) is 4.80 Å². The molecule has 0 unspecified atom stereocenters. The molecular formula is C25H34N6O4. The fourth-order valence-corrected chi connectivity index (χ4v) is 3.63. The zero-order valence-corrected chi connectivity index (χ0v) is 21.2. The molecule has 0 radical (unpaired) electrons. The van der Waals surface area contributed by atoms with E-state index in [9.17, 15) is 9.59 Å². The Labute approximate surface area is 205 Å². The minimum atomic E-state index is -0.649. The average molecular weight is 483 g/mol. The van der Waals surface area contributed by atoms with Crippen molar-refractivity contribution in [1.29, 1.82) is 0 Å². The topological polar surface area (TPSA) is 115 Å². The largest absolute Gasteiger partial charge is 0.497 e. The summed E-state index contributed by atoms with van der Waals surface area (Å²) in [6.07, 6.45) is 1.25. The number of rotatable bonds is 10. The van der Waals surface area contributed by atoms with Gasteiger partial charge in [0.2, 0.25) is 17.6 Å². The number of hydrogen-bond acceptors (Lipinski definition) is 7. The van der Waals surface area contributed by atoms with Crippen molar-refractivity contribution in [2.45, 2.75) is 72.1 Å². The number of tetrazole rings is 1. The number of nitrogens with one attached hydrogen (secondary N) is 1. The van der Waals surface area contributed by atoms with Crippen LogP contribution < -0.4 is 10.1 Å². The van der Waals surface area contributed by atoms with Gasteiger partial charge in [-0.25, -0.2) is 0 Å². The molecule has 0 aliphatic rings. The molecule has 10 nitrogen and oxygen atoms in total. The van der Waals surface area contributed by atoms with E-state index in [1.165, 1.54) is 4.80 Å². The van der Waals surface area contributed by atoms with Crippen LogP contribution in [0.25, 0.3) is 11.6 Å². The zero-order valence-electron chi connectivity index (χ0n) is 21.2. The Balaban J connectivity index is 1.87. The lowest BCUT2D eigenvalue weighted by Crippen LogP contribution is -2.54. The highest BCUT2D eigenvalue weighted by Gasteiger charge is 2.32. The number of methoxy groups -OCH3 is 1. The molecule has 3 aromatic rings. The molecule has 1 N–H and O–H groups in total. The van der Waals surface area contributed by atoms with Gasteiger partial charge in [-0.1, -0.05) is 25.5 Å². The maximum Gasteiger partial charge on any atom is 0.247 e. The molecule has 3 rings (SSSR count). The molecule has 10 heteroatoms. The van der Waals surface area contributed by atoms with E-state index in [1.54, 1.807) is 24.1 Å². The van der Waals surface area contributed by atoms with Crippen LogP contribution in [0.15, 0.2) is 40.8 Å². The Kier molecular flexibility index (Phi) is 8.26. The van der Waals surface area contributed by atoms with E-state index in [0.717, 1.165) is 23.5 Å². The van der Waals surface area contributed by atoms with E-state index in [-0.39, 0.29) is 24.9 Å². The van der Waals surface area contributed by atoms with Gasteiger partial charge < -0.3 is 19.4 Å². The van der Waals surface area contributed by atoms with Crippen LogP contribution in [0.1, 0.15) is 51.9 Å². The molecule has 0 fully saturated rings. The highest BCUT2D eigenvalue weighted by molar-refractivity contribution is 5.88. The summed E-state index contributed by atoms with van der Waals surface area (Å²) < 4.78 is 10.8. The van der Waals surface area contributed by atoms with Crippen LogP contribution in [0.5, 0.6) is 5.75 Å². The van der Waals surface area contributed by atoms with Crippen LogP contribution in [-0.2, 0) is 22.7 Å². The number of ether oxygens (including phenoxy) is 1. The molecular weight excluding hydrogens is 448 g/mol. The van der Waals surface area contributed by atoms with Gasteiger partial charge >= 0.3 is 0 Å². The number of furan rings is 1. The fraction of sp³-hybridized carbons (Fsp3) is 0.480. The maximum atomic E-state index is 13.5. The molecule has 188 valence electrons. The summed E-state index contributed by atoms with van der Waals surface area (Å²) in [7, 11) is 1.60. The van der Waals surface area contributed by atoms with Crippen molar-refractivity contribution in [3.63, 3.8) is 0 Å². The minimum absolute atomic E-state index is 0.161. The number of aromatic nitrogens is 4. The number of carbonyl (C=O) groups excluding carboxylic acids is 2. The first-order valence-corrected chi connectivity index (χ1v) is 11.7. The van der Waals surface area contributed by atoms with Gasteiger partial charge in [-0.3, -0.25) is 9.59 Å². The van der Waals surface area contributed by atoms with Crippen LogP contribution in [0.2, 0.25) is 0 Å². The number of benzene rings is 1. The van der Waals surface area contributed by atoms with Crippen molar-refractivity contribution in [3.8, 4) is 17.3 Å². The second-order valence-electron chi connectivity index (χ2n) is 9.47. The van der Waals surface area contributed by atoms with Crippen molar-refractivity contribution in [2.75, 3.05) is 7.11 Å². The Bertz CT molecular complexity index is 1130. The number of hydrogen-bond donors (Lipinski definition) is 1. The minimum Gasteiger partial charge on any atom is -0.497 e. The fourth-order valence-electron chi connectivity index (χ4n) is 3.63. The van der Waals surface area contributed by atoms with Gasteiger partial charge in [0, 0.05) is 12.1 Å². The number of amides is 2. The van der Waals surface area contributed by atoms with Gasteiger partial charge in [0.05, 0.1) is 7.11 Å². The van der Waals surface area contributed by atoms with E-state index in [4.69, 9.17) is 9.15 Å². The quantitative estimate of drug-likeness (QED) is 0.471. The summed E-state index contributed by atoms with van der Waals surface area (Å²) in [5.41, 5.74) is 0.448. The maximum absolute atomic E-state index is 13.5. The molecule has 2 heterocycles. The molecule has 1 atom stereocenters. The molecule has 0 saturated carbocycles. The van der Waals surface area contributed by atoms with E-state index in [0.29, 0.717) is 18.0 Å². The second-order valence-corrected chi connectivity index (χ2v) is 9.47. The zero-order chi connectivity index (χ0) is 25.6. The lowest BCUT2D eigenvalue weighted by atomic mass is 10.0. The van der Waals surface area contributed by atoms with E-state index >= 15 is 0 Å². The van der Waals surface area contributed by atoms with Gasteiger partial charge in [0.15, 0.2) is 5.76 Å². The van der Waals surface area contributed by atoms with Crippen molar-refractivity contribution in [3.05, 3.63) is 47.7 Å². The summed E-state index contributed by atoms with van der Waals surface area (Å²) in [5.74, 6) is 1.73. The van der Waals surface area contributed by atoms with Crippen molar-refractivity contribution in [2.24, 2.45) is 0 Å². The Hall–Kier alpha value is -3.69. The third-order valence-electron chi connectivity index (χ3n) is 5.26. The molecule has 0 aliphatic heterocycles. The summed E-state index contributed by atoms with van der Waals surface area (Å²) >= 11 is 0. The van der Waals surface area contributed by atoms with Crippen LogP contribution in [-0.4, -0.2) is 55.6 Å². The predicted octanol–water partition coefficient (Wildman–Crippen LogP) is 3.36. The molecule has 0 spiro atoms. The number of carbonyl (C=O) groups is 2. The lowest BCUT2D eigenvalue weighted by molar-refractivity contribution is -0.143. The first-order chi connectivity index (χ1) is 16.6. The predicted molar refractivity (Wildman–Crippen MR) is 130 cm³/mol. The van der Waals surface area contributed by atoms with E-state index in [2.05, 4.69) is 20.7 Å². The van der Waals surface area contributed by atoms with Crippen LogP contribution in [0.4, 0.5) is 0 Å². The standard InChI is InChI=1S/C25H34N6O4/c1-7-8-20(24(33)26-25(3,4)5)30(15-18-10-12-19(34-6)13-11-18)22(32)16-31-28-23(27-29-31)21-14-9-17(2)35-21/h9-14,20H,7-8,15-16H2,1-6H3,(H,26,33)/t20-/m1/s1. The van der Waals surface area contributed by atoms with Crippen LogP contribution in [0, 0.1) is 6.92 Å². The van der Waals surface area contributed by atoms with Gasteiger partial charge in [0.25, 0.3) is 0 Å². The third kappa shape index (κ3) is 7.14. The van der Waals surface area contributed by atoms with Gasteiger partial charge in [-0.15, -0.1) is 10.2 Å².